The highest BCUT2D eigenvalue weighted by Gasteiger charge is 2.16. The Hall–Kier alpha value is -1.83. The van der Waals surface area contributed by atoms with Crippen LogP contribution in [-0.4, -0.2) is 34.7 Å². The molecule has 7 nitrogen and oxygen atoms in total. The van der Waals surface area contributed by atoms with Crippen molar-refractivity contribution in [3.8, 4) is 5.75 Å². The molecule has 0 amide bonds. The van der Waals surface area contributed by atoms with Gasteiger partial charge in [0.05, 0.1) is 12.8 Å². The first-order valence-electron chi connectivity index (χ1n) is 4.69. The van der Waals surface area contributed by atoms with E-state index >= 15 is 0 Å². The van der Waals surface area contributed by atoms with Gasteiger partial charge >= 0.3 is 5.97 Å². The maximum absolute atomic E-state index is 11.3. The second-order valence-electron chi connectivity index (χ2n) is 3.33. The first kappa shape index (κ1) is 13.2. The van der Waals surface area contributed by atoms with Crippen LogP contribution in [0.25, 0.3) is 0 Å². The Bertz CT molecular complexity index is 406. The van der Waals surface area contributed by atoms with Crippen LogP contribution >= 0.6 is 0 Å². The first-order chi connectivity index (χ1) is 7.95. The van der Waals surface area contributed by atoms with E-state index < -0.39 is 17.8 Å². The fraction of sp³-hybridized carbons (Fsp3) is 0.300. The van der Waals surface area contributed by atoms with Gasteiger partial charge in [-0.25, -0.2) is 4.79 Å². The Labute approximate surface area is 97.0 Å². The molecular weight excluding hydrogens is 230 g/mol. The van der Waals surface area contributed by atoms with E-state index in [2.05, 4.69) is 4.74 Å². The van der Waals surface area contributed by atoms with Crippen molar-refractivity contribution in [3.05, 3.63) is 23.8 Å². The van der Waals surface area contributed by atoms with Crippen LogP contribution in [0.3, 0.4) is 0 Å². The smallest absolute Gasteiger partial charge is 0.335 e. The summed E-state index contributed by atoms with van der Waals surface area (Å²) in [4.78, 5) is 10.9. The van der Waals surface area contributed by atoms with Crippen LogP contribution in [0.2, 0.25) is 0 Å². The molecule has 0 fully saturated rings. The SMILES string of the molecule is COC(=O)[C@H](O)Cc1ccc(N(O)O)c([O-])c1. The Morgan fingerprint density at radius 1 is 1.53 bits per heavy atom. The zero-order chi connectivity index (χ0) is 13.0. The van der Waals surface area contributed by atoms with Gasteiger partial charge in [-0.1, -0.05) is 17.9 Å². The average Bonchev–Trinajstić information content (AvgIpc) is 2.27. The number of benzene rings is 1. The lowest BCUT2D eigenvalue weighted by Crippen LogP contribution is -2.24. The Morgan fingerprint density at radius 2 is 2.18 bits per heavy atom. The molecule has 0 aliphatic heterocycles. The molecule has 3 N–H and O–H groups in total. The minimum Gasteiger partial charge on any atom is -0.871 e. The van der Waals surface area contributed by atoms with Crippen molar-refractivity contribution in [1.29, 1.82) is 0 Å². The molecule has 0 aromatic heterocycles. The maximum Gasteiger partial charge on any atom is 0.335 e. The molecule has 0 heterocycles. The number of nitrogens with zero attached hydrogens (tertiary/aromatic N) is 1. The number of hydrogen-bond donors (Lipinski definition) is 3. The lowest BCUT2D eigenvalue weighted by atomic mass is 10.1. The number of aliphatic hydroxyl groups excluding tert-OH is 1. The largest absolute Gasteiger partial charge is 0.871 e. The fourth-order valence-corrected chi connectivity index (χ4v) is 1.29. The number of carbonyl (C=O) groups is 1. The van der Waals surface area contributed by atoms with E-state index in [-0.39, 0.29) is 17.3 Å². The number of anilines is 1. The molecule has 1 aromatic carbocycles. The van der Waals surface area contributed by atoms with Crippen molar-refractivity contribution in [2.75, 3.05) is 12.3 Å². The minimum absolute atomic E-state index is 0.0843. The van der Waals surface area contributed by atoms with E-state index in [1.807, 2.05) is 0 Å². The van der Waals surface area contributed by atoms with Crippen LogP contribution in [0.4, 0.5) is 5.69 Å². The van der Waals surface area contributed by atoms with E-state index in [4.69, 9.17) is 10.4 Å². The summed E-state index contributed by atoms with van der Waals surface area (Å²) in [7, 11) is 1.14. The van der Waals surface area contributed by atoms with E-state index in [1.54, 1.807) is 0 Å². The predicted molar refractivity (Wildman–Crippen MR) is 53.7 cm³/mol. The lowest BCUT2D eigenvalue weighted by molar-refractivity contribution is -0.268. The summed E-state index contributed by atoms with van der Waals surface area (Å²) in [5.41, 5.74) is 0.0693. The topological polar surface area (TPSA) is 113 Å². The van der Waals surface area contributed by atoms with Gasteiger partial charge < -0.3 is 14.9 Å². The summed E-state index contributed by atoms with van der Waals surface area (Å²) >= 11 is 0. The van der Waals surface area contributed by atoms with Crippen LogP contribution in [0, 0.1) is 0 Å². The van der Waals surface area contributed by atoms with Crippen molar-refractivity contribution in [1.82, 2.24) is 0 Å². The van der Waals surface area contributed by atoms with Crippen LogP contribution in [-0.2, 0) is 16.0 Å². The van der Waals surface area contributed by atoms with Gasteiger partial charge in [0.25, 0.3) is 0 Å². The van der Waals surface area contributed by atoms with Crippen molar-refractivity contribution in [3.63, 3.8) is 0 Å². The summed E-state index contributed by atoms with van der Waals surface area (Å²) < 4.78 is 4.32. The number of carbonyl (C=O) groups excluding carboxylic acids is 1. The van der Waals surface area contributed by atoms with Gasteiger partial charge in [-0.3, -0.25) is 10.4 Å². The molecule has 0 aliphatic carbocycles. The standard InChI is InChI=1S/C10H13NO6/c1-17-10(14)9(13)5-6-2-3-7(11(15)16)8(12)4-6/h2-4,9,12-13,15-16H,5H2,1H3/p-1/t9-/m1/s1. The molecule has 0 radical (unpaired) electrons. The molecule has 0 saturated heterocycles. The van der Waals surface area contributed by atoms with Gasteiger partial charge in [-0.15, -0.1) is 5.23 Å². The maximum atomic E-state index is 11.3. The van der Waals surface area contributed by atoms with E-state index in [0.29, 0.717) is 5.56 Å². The molecule has 1 atom stereocenters. The lowest BCUT2D eigenvalue weighted by Gasteiger charge is -2.18. The minimum atomic E-state index is -1.36. The molecule has 7 heteroatoms. The van der Waals surface area contributed by atoms with Crippen molar-refractivity contribution in [2.45, 2.75) is 12.5 Å². The summed E-state index contributed by atoms with van der Waals surface area (Å²) in [5.74, 6) is -1.43. The highest BCUT2D eigenvalue weighted by Crippen LogP contribution is 2.24. The zero-order valence-electron chi connectivity index (χ0n) is 9.03. The van der Waals surface area contributed by atoms with Crippen LogP contribution < -0.4 is 10.3 Å². The van der Waals surface area contributed by atoms with Crippen LogP contribution in [0.15, 0.2) is 18.2 Å². The third-order valence-electron chi connectivity index (χ3n) is 2.14. The van der Waals surface area contributed by atoms with Crippen molar-refractivity contribution < 1.29 is 30.2 Å². The molecular formula is C10H12NO6-. The van der Waals surface area contributed by atoms with Gasteiger partial charge in [0, 0.05) is 6.42 Å². The fourth-order valence-electron chi connectivity index (χ4n) is 1.29. The Morgan fingerprint density at radius 3 is 2.65 bits per heavy atom. The first-order valence-corrected chi connectivity index (χ1v) is 4.69. The van der Waals surface area contributed by atoms with Gasteiger partial charge in [-0.05, 0) is 11.6 Å². The summed E-state index contributed by atoms with van der Waals surface area (Å²) in [5, 5.41) is 37.7. The van der Waals surface area contributed by atoms with E-state index in [1.165, 1.54) is 12.1 Å². The van der Waals surface area contributed by atoms with Crippen molar-refractivity contribution >= 4 is 11.7 Å². The summed E-state index contributed by atoms with van der Waals surface area (Å²) in [6.07, 6.45) is -1.44. The monoisotopic (exact) mass is 242 g/mol. The highest BCUT2D eigenvalue weighted by molar-refractivity contribution is 5.74. The number of esters is 1. The number of hydrogen-bond acceptors (Lipinski definition) is 7. The number of methoxy groups -OCH3 is 1. The summed E-state index contributed by atoms with van der Waals surface area (Å²) in [6, 6.07) is 3.66. The van der Waals surface area contributed by atoms with Gasteiger partial charge in [0.1, 0.15) is 0 Å². The number of ether oxygens (including phenoxy) is 1. The van der Waals surface area contributed by atoms with Gasteiger partial charge in [0.15, 0.2) is 6.10 Å². The normalized spacial score (nSPS) is 12.0. The van der Waals surface area contributed by atoms with Crippen LogP contribution in [0.1, 0.15) is 5.56 Å². The molecule has 0 unspecified atom stereocenters. The second-order valence-corrected chi connectivity index (χ2v) is 3.33. The third-order valence-corrected chi connectivity index (χ3v) is 2.14. The summed E-state index contributed by atoms with van der Waals surface area (Å²) in [6.45, 7) is 0. The van der Waals surface area contributed by atoms with Gasteiger partial charge in [0.2, 0.25) is 0 Å². The molecule has 17 heavy (non-hydrogen) atoms. The predicted octanol–water partition coefficient (Wildman–Crippen LogP) is -0.579. The Kier molecular flexibility index (Phi) is 4.27. The molecule has 1 rings (SSSR count). The van der Waals surface area contributed by atoms with E-state index in [0.717, 1.165) is 13.2 Å². The third kappa shape index (κ3) is 3.31. The van der Waals surface area contributed by atoms with Crippen LogP contribution in [0.5, 0.6) is 5.75 Å². The molecule has 0 spiro atoms. The van der Waals surface area contributed by atoms with Crippen molar-refractivity contribution in [2.24, 2.45) is 0 Å². The molecule has 0 aliphatic rings. The number of aliphatic hydroxyl groups is 1. The average molecular weight is 242 g/mol. The molecule has 0 bridgehead atoms. The Balaban J connectivity index is 2.81. The van der Waals surface area contributed by atoms with E-state index in [9.17, 15) is 15.0 Å². The zero-order valence-corrected chi connectivity index (χ0v) is 9.03. The molecule has 0 saturated carbocycles. The van der Waals surface area contributed by atoms with Gasteiger partial charge in [-0.2, -0.15) is 0 Å². The molecule has 1 aromatic rings. The number of rotatable bonds is 4. The second kappa shape index (κ2) is 5.48. The quantitative estimate of drug-likeness (QED) is 0.478. The highest BCUT2D eigenvalue weighted by atomic mass is 16.8. The molecule has 94 valence electrons.